The van der Waals surface area contributed by atoms with Gasteiger partial charge in [0, 0.05) is 17.3 Å². The van der Waals surface area contributed by atoms with E-state index in [1.165, 1.54) is 6.20 Å². The van der Waals surface area contributed by atoms with Crippen molar-refractivity contribution in [2.24, 2.45) is 5.10 Å². The van der Waals surface area contributed by atoms with E-state index in [1.54, 1.807) is 18.3 Å². The van der Waals surface area contributed by atoms with Crippen molar-refractivity contribution >= 4 is 23.7 Å². The summed E-state index contributed by atoms with van der Waals surface area (Å²) in [7, 11) is 0. The Balaban J connectivity index is 2.34. The minimum absolute atomic E-state index is 0.125. The van der Waals surface area contributed by atoms with Gasteiger partial charge in [-0.3, -0.25) is 4.79 Å². The van der Waals surface area contributed by atoms with Gasteiger partial charge in [-0.05, 0) is 40.7 Å². The van der Waals surface area contributed by atoms with E-state index in [-0.39, 0.29) is 21.5 Å². The maximum atomic E-state index is 12.2. The molecule has 0 bridgehead atoms. The number of amides is 1. The van der Waals surface area contributed by atoms with Crippen LogP contribution in [0.1, 0.15) is 68.6 Å². The first-order chi connectivity index (χ1) is 12.4. The topological polar surface area (TPSA) is 74.6 Å². The summed E-state index contributed by atoms with van der Waals surface area (Å²) in [6.07, 6.45) is 3.08. The molecule has 0 radical (unpaired) electrons. The second-order valence-electron chi connectivity index (χ2n) is 8.51. The fraction of sp³-hybridized carbons (Fsp3) is 0.381. The van der Waals surface area contributed by atoms with Crippen molar-refractivity contribution in [1.29, 1.82) is 0 Å². The number of carbonyl (C=O) groups excluding carboxylic acids is 1. The van der Waals surface area contributed by atoms with Crippen molar-refractivity contribution in [2.75, 3.05) is 0 Å². The summed E-state index contributed by atoms with van der Waals surface area (Å²) in [5.74, 6) is -0.131. The number of aromatic hydroxyl groups is 1. The van der Waals surface area contributed by atoms with Gasteiger partial charge in [0.15, 0.2) is 0 Å². The molecule has 1 aromatic heterocycles. The van der Waals surface area contributed by atoms with E-state index in [1.807, 2.05) is 53.7 Å². The predicted octanol–water partition coefficient (Wildman–Crippen LogP) is 4.80. The average Bonchev–Trinajstić information content (AvgIpc) is 2.54. The van der Waals surface area contributed by atoms with Crippen LogP contribution in [0.4, 0.5) is 0 Å². The fourth-order valence-electron chi connectivity index (χ4n) is 2.66. The van der Waals surface area contributed by atoms with E-state index in [9.17, 15) is 9.90 Å². The van der Waals surface area contributed by atoms with Crippen LogP contribution in [0.2, 0.25) is 5.15 Å². The van der Waals surface area contributed by atoms with Gasteiger partial charge in [-0.15, -0.1) is 0 Å². The van der Waals surface area contributed by atoms with Crippen molar-refractivity contribution in [3.05, 3.63) is 57.9 Å². The number of carbonyl (C=O) groups is 1. The normalized spacial score (nSPS) is 12.4. The maximum absolute atomic E-state index is 12.2. The summed E-state index contributed by atoms with van der Waals surface area (Å²) < 4.78 is 0. The Morgan fingerprint density at radius 2 is 1.70 bits per heavy atom. The number of phenolic OH excluding ortho intramolecular Hbond substituents is 1. The van der Waals surface area contributed by atoms with Crippen LogP contribution in [0.25, 0.3) is 0 Å². The first-order valence-corrected chi connectivity index (χ1v) is 9.11. The second-order valence-corrected chi connectivity index (χ2v) is 8.86. The van der Waals surface area contributed by atoms with Gasteiger partial charge < -0.3 is 5.11 Å². The van der Waals surface area contributed by atoms with Crippen LogP contribution in [0.5, 0.6) is 5.75 Å². The second kappa shape index (κ2) is 7.69. The summed E-state index contributed by atoms with van der Waals surface area (Å²) in [6, 6.07) is 6.99. The van der Waals surface area contributed by atoms with Crippen molar-refractivity contribution in [1.82, 2.24) is 10.4 Å². The number of benzene rings is 1. The van der Waals surface area contributed by atoms with Crippen molar-refractivity contribution < 1.29 is 9.90 Å². The van der Waals surface area contributed by atoms with Crippen LogP contribution >= 0.6 is 11.6 Å². The summed E-state index contributed by atoms with van der Waals surface area (Å²) in [4.78, 5) is 16.1. The first-order valence-electron chi connectivity index (χ1n) is 8.73. The lowest BCUT2D eigenvalue weighted by molar-refractivity contribution is 0.0955. The Morgan fingerprint density at radius 1 is 1.15 bits per heavy atom. The average molecular weight is 388 g/mol. The van der Waals surface area contributed by atoms with Gasteiger partial charge in [0.2, 0.25) is 0 Å². The molecule has 0 atom stereocenters. The van der Waals surface area contributed by atoms with Gasteiger partial charge in [0.1, 0.15) is 10.9 Å². The number of rotatable bonds is 3. The lowest BCUT2D eigenvalue weighted by Gasteiger charge is -2.27. The highest BCUT2D eigenvalue weighted by Gasteiger charge is 2.26. The van der Waals surface area contributed by atoms with E-state index >= 15 is 0 Å². The molecular formula is C21H26ClN3O2. The molecule has 0 unspecified atom stereocenters. The van der Waals surface area contributed by atoms with Gasteiger partial charge in [-0.25, -0.2) is 10.4 Å². The highest BCUT2D eigenvalue weighted by molar-refractivity contribution is 6.32. The number of hydrogen-bond donors (Lipinski definition) is 2. The zero-order chi connectivity index (χ0) is 20.4. The zero-order valence-corrected chi connectivity index (χ0v) is 17.3. The monoisotopic (exact) mass is 387 g/mol. The molecule has 2 rings (SSSR count). The summed E-state index contributed by atoms with van der Waals surface area (Å²) in [5, 5.41) is 14.9. The molecule has 5 nitrogen and oxygen atoms in total. The number of halogens is 1. The first kappa shape index (κ1) is 20.9. The molecule has 1 amide bonds. The molecule has 1 aromatic carbocycles. The van der Waals surface area contributed by atoms with Crippen LogP contribution in [0.3, 0.4) is 0 Å². The summed E-state index contributed by atoms with van der Waals surface area (Å²) in [5.41, 5.74) is 4.70. The van der Waals surface area contributed by atoms with Crippen LogP contribution in [-0.2, 0) is 10.8 Å². The molecule has 2 aromatic rings. The van der Waals surface area contributed by atoms with Gasteiger partial charge >= 0.3 is 0 Å². The van der Waals surface area contributed by atoms with E-state index in [4.69, 9.17) is 11.6 Å². The van der Waals surface area contributed by atoms with E-state index < -0.39 is 5.91 Å². The minimum Gasteiger partial charge on any atom is -0.507 e. The van der Waals surface area contributed by atoms with Crippen molar-refractivity contribution in [3.63, 3.8) is 0 Å². The summed E-state index contributed by atoms with van der Waals surface area (Å²) in [6.45, 7) is 12.3. The quantitative estimate of drug-likeness (QED) is 0.451. The molecule has 0 spiro atoms. The number of aromatic nitrogens is 1. The predicted molar refractivity (Wildman–Crippen MR) is 110 cm³/mol. The number of hydrazone groups is 1. The molecule has 0 fully saturated rings. The molecule has 144 valence electrons. The number of hydrogen-bond acceptors (Lipinski definition) is 4. The Labute approximate surface area is 165 Å². The Hall–Kier alpha value is -2.40. The molecule has 0 aliphatic heterocycles. The van der Waals surface area contributed by atoms with E-state index in [0.717, 1.165) is 16.7 Å². The highest BCUT2D eigenvalue weighted by Crippen LogP contribution is 2.39. The molecule has 0 saturated carbocycles. The van der Waals surface area contributed by atoms with Crippen LogP contribution in [0.15, 0.2) is 35.6 Å². The number of nitrogens with one attached hydrogen (secondary N) is 1. The van der Waals surface area contributed by atoms with Crippen molar-refractivity contribution in [3.8, 4) is 5.75 Å². The standard InChI is InChI=1S/C21H26ClN3O2/c1-20(2,3)15-10-13(11-16(17(15)26)21(4,5)6)12-24-25-19(27)14-8-7-9-23-18(14)22/h7-12,26H,1-6H3,(H,25,27)/b24-12+. The molecule has 0 aliphatic carbocycles. The van der Waals surface area contributed by atoms with Crippen LogP contribution in [-0.4, -0.2) is 22.2 Å². The lowest BCUT2D eigenvalue weighted by Crippen LogP contribution is -2.19. The molecule has 0 saturated heterocycles. The zero-order valence-electron chi connectivity index (χ0n) is 16.6. The fourth-order valence-corrected chi connectivity index (χ4v) is 2.86. The van der Waals surface area contributed by atoms with Crippen LogP contribution < -0.4 is 5.43 Å². The molecular weight excluding hydrogens is 362 g/mol. The van der Waals surface area contributed by atoms with Crippen LogP contribution in [0, 0.1) is 0 Å². The number of nitrogens with zero attached hydrogens (tertiary/aromatic N) is 2. The highest BCUT2D eigenvalue weighted by atomic mass is 35.5. The molecule has 2 N–H and O–H groups in total. The Morgan fingerprint density at radius 3 is 2.19 bits per heavy atom. The van der Waals surface area contributed by atoms with Gasteiger partial charge in [-0.2, -0.15) is 5.10 Å². The van der Waals surface area contributed by atoms with Gasteiger partial charge in [0.25, 0.3) is 5.91 Å². The maximum Gasteiger partial charge on any atom is 0.274 e. The molecule has 27 heavy (non-hydrogen) atoms. The minimum atomic E-state index is -0.435. The third kappa shape index (κ3) is 5.07. The van der Waals surface area contributed by atoms with Crippen molar-refractivity contribution in [2.45, 2.75) is 52.4 Å². The molecule has 6 heteroatoms. The lowest BCUT2D eigenvalue weighted by atomic mass is 9.78. The SMILES string of the molecule is CC(C)(C)c1cc(/C=N/NC(=O)c2cccnc2Cl)cc(C(C)(C)C)c1O. The smallest absolute Gasteiger partial charge is 0.274 e. The Kier molecular flexibility index (Phi) is 5.95. The molecule has 1 heterocycles. The third-order valence-electron chi connectivity index (χ3n) is 4.13. The third-order valence-corrected chi connectivity index (χ3v) is 4.43. The largest absolute Gasteiger partial charge is 0.507 e. The van der Waals surface area contributed by atoms with Gasteiger partial charge in [-0.1, -0.05) is 53.1 Å². The van der Waals surface area contributed by atoms with E-state index in [0.29, 0.717) is 5.75 Å². The molecule has 0 aliphatic rings. The van der Waals surface area contributed by atoms with E-state index in [2.05, 4.69) is 15.5 Å². The number of phenols is 1. The van der Waals surface area contributed by atoms with Gasteiger partial charge in [0.05, 0.1) is 11.8 Å². The Bertz CT molecular complexity index is 843. The summed E-state index contributed by atoms with van der Waals surface area (Å²) >= 11 is 5.92. The number of pyridine rings is 1.